The first-order valence-electron chi connectivity index (χ1n) is 11.8. The van der Waals surface area contributed by atoms with Crippen LogP contribution in [-0.4, -0.2) is 47.2 Å². The van der Waals surface area contributed by atoms with E-state index in [1.165, 1.54) is 0 Å². The Morgan fingerprint density at radius 1 is 0.844 bits per heavy atom. The van der Waals surface area contributed by atoms with Gasteiger partial charge in [-0.2, -0.15) is 0 Å². The molecule has 6 heteroatoms. The maximum atomic E-state index is 9.25. The van der Waals surface area contributed by atoms with Gasteiger partial charge in [0.25, 0.3) is 0 Å². The van der Waals surface area contributed by atoms with Gasteiger partial charge in [-0.1, -0.05) is 84.0 Å². The second-order valence-electron chi connectivity index (χ2n) is 11.7. The highest BCUT2D eigenvalue weighted by atomic mass is 28.4. The average molecular weight is 481 g/mol. The molecule has 0 spiro atoms. The van der Waals surface area contributed by atoms with E-state index in [9.17, 15) is 5.11 Å². The first-order valence-corrected chi connectivity index (χ1v) is 17.7. The van der Waals surface area contributed by atoms with E-state index in [0.717, 1.165) is 5.56 Å². The van der Waals surface area contributed by atoms with Crippen LogP contribution in [0.1, 0.15) is 53.5 Å². The van der Waals surface area contributed by atoms with Gasteiger partial charge in [0.1, 0.15) is 0 Å². The summed E-state index contributed by atoms with van der Waals surface area (Å²) in [5.74, 6) is 0. The molecule has 1 rings (SSSR count). The second kappa shape index (κ2) is 12.1. The number of rotatable bonds is 12. The summed E-state index contributed by atoms with van der Waals surface area (Å²) in [6, 6.07) is 10.2. The van der Waals surface area contributed by atoms with E-state index < -0.39 is 16.6 Å². The van der Waals surface area contributed by atoms with E-state index in [2.05, 4.69) is 79.9 Å². The van der Waals surface area contributed by atoms with Gasteiger partial charge in [-0.3, -0.25) is 0 Å². The minimum Gasteiger partial charge on any atom is -0.414 e. The minimum absolute atomic E-state index is 0.0274. The van der Waals surface area contributed by atoms with Crippen LogP contribution in [0.25, 0.3) is 0 Å². The number of benzene rings is 1. The van der Waals surface area contributed by atoms with Crippen LogP contribution in [0, 0.1) is 0 Å². The number of ether oxygens (including phenoxy) is 1. The van der Waals surface area contributed by atoms with Crippen LogP contribution in [-0.2, 0) is 20.2 Å². The molecule has 32 heavy (non-hydrogen) atoms. The van der Waals surface area contributed by atoms with E-state index in [1.807, 2.05) is 24.3 Å². The molecule has 0 amide bonds. The van der Waals surface area contributed by atoms with Gasteiger partial charge in [0.05, 0.1) is 32.0 Å². The van der Waals surface area contributed by atoms with E-state index in [1.54, 1.807) is 6.08 Å². The molecule has 1 aromatic carbocycles. The van der Waals surface area contributed by atoms with Crippen LogP contribution in [0.4, 0.5) is 0 Å². The summed E-state index contributed by atoms with van der Waals surface area (Å²) >= 11 is 0. The summed E-state index contributed by atoms with van der Waals surface area (Å²) in [7, 11) is -3.98. The molecule has 0 saturated carbocycles. The smallest absolute Gasteiger partial charge is 0.192 e. The fourth-order valence-corrected chi connectivity index (χ4v) is 5.03. The first kappa shape index (κ1) is 29.3. The van der Waals surface area contributed by atoms with Crippen LogP contribution >= 0.6 is 0 Å². The monoisotopic (exact) mass is 480 g/mol. The third kappa shape index (κ3) is 9.23. The Kier molecular flexibility index (Phi) is 11.1. The molecule has 0 aromatic heterocycles. The molecular weight excluding hydrogens is 432 g/mol. The van der Waals surface area contributed by atoms with Gasteiger partial charge in [0, 0.05) is 0 Å². The Labute approximate surface area is 199 Å². The quantitative estimate of drug-likeness (QED) is 0.260. The Bertz CT molecular complexity index is 688. The summed E-state index contributed by atoms with van der Waals surface area (Å²) in [6.45, 7) is 23.8. The highest BCUT2D eigenvalue weighted by Crippen LogP contribution is 2.40. The molecule has 184 valence electrons. The van der Waals surface area contributed by atoms with Gasteiger partial charge in [-0.15, -0.1) is 0 Å². The predicted molar refractivity (Wildman–Crippen MR) is 141 cm³/mol. The van der Waals surface area contributed by atoms with Crippen LogP contribution in [0.3, 0.4) is 0 Å². The molecule has 0 fully saturated rings. The highest BCUT2D eigenvalue weighted by Gasteiger charge is 2.43. The third-order valence-corrected chi connectivity index (χ3v) is 16.0. The lowest BCUT2D eigenvalue weighted by Gasteiger charge is -2.43. The molecule has 2 atom stereocenters. The second-order valence-corrected chi connectivity index (χ2v) is 21.3. The van der Waals surface area contributed by atoms with Crippen molar-refractivity contribution in [3.05, 3.63) is 48.0 Å². The first-order chi connectivity index (χ1) is 14.6. The van der Waals surface area contributed by atoms with E-state index in [0.29, 0.717) is 19.6 Å². The number of hydrogen-bond donors (Lipinski definition) is 1. The number of aliphatic hydroxyl groups excluding tert-OH is 1. The van der Waals surface area contributed by atoms with Gasteiger partial charge in [0.2, 0.25) is 0 Å². The molecular formula is C26H48O4Si2. The Balaban J connectivity index is 3.16. The lowest BCUT2D eigenvalue weighted by molar-refractivity contribution is -0.0548. The van der Waals surface area contributed by atoms with Crippen molar-refractivity contribution >= 4 is 16.6 Å². The predicted octanol–water partition coefficient (Wildman–Crippen LogP) is 6.92. The molecule has 1 N–H and O–H groups in total. The standard InChI is InChI=1S/C26H48O4Si2/c1-25(2,3)31(7,8)29-21-24(30-32(9,10)26(4,5)6)23(18-14-15-19-27)28-20-22-16-12-11-13-17-22/h11-17,23-24,27H,18-21H2,1-10H3/b15-14+/t23-,24+/m0/s1. The Morgan fingerprint density at radius 3 is 1.91 bits per heavy atom. The van der Waals surface area contributed by atoms with Gasteiger partial charge < -0.3 is 18.7 Å². The molecule has 0 aliphatic carbocycles. The molecule has 0 aliphatic heterocycles. The topological polar surface area (TPSA) is 47.9 Å². The van der Waals surface area contributed by atoms with Crippen molar-refractivity contribution in [2.45, 2.75) is 103 Å². The van der Waals surface area contributed by atoms with Gasteiger partial charge in [-0.25, -0.2) is 0 Å². The van der Waals surface area contributed by atoms with E-state index >= 15 is 0 Å². The van der Waals surface area contributed by atoms with E-state index in [4.69, 9.17) is 13.6 Å². The average Bonchev–Trinajstić information content (AvgIpc) is 2.67. The SMILES string of the molecule is CC(C)(C)[Si](C)(C)OC[C@@H](O[Si](C)(C)C(C)(C)C)[C@H](C/C=C/CO)OCc1ccccc1. The summed E-state index contributed by atoms with van der Waals surface area (Å²) in [5, 5.41) is 9.47. The maximum absolute atomic E-state index is 9.25. The lowest BCUT2D eigenvalue weighted by atomic mass is 10.1. The van der Waals surface area contributed by atoms with Crippen molar-refractivity contribution in [3.8, 4) is 0 Å². The van der Waals surface area contributed by atoms with Gasteiger partial charge in [0.15, 0.2) is 16.6 Å². The third-order valence-electron chi connectivity index (χ3n) is 7.03. The molecule has 4 nitrogen and oxygen atoms in total. The van der Waals surface area contributed by atoms with Crippen molar-refractivity contribution in [1.82, 2.24) is 0 Å². The molecule has 0 heterocycles. The highest BCUT2D eigenvalue weighted by molar-refractivity contribution is 6.74. The summed E-state index contributed by atoms with van der Waals surface area (Å²) in [5.41, 5.74) is 1.14. The number of hydrogen-bond acceptors (Lipinski definition) is 4. The van der Waals surface area contributed by atoms with Crippen LogP contribution in [0.15, 0.2) is 42.5 Å². The Morgan fingerprint density at radius 2 is 1.41 bits per heavy atom. The summed E-state index contributed by atoms with van der Waals surface area (Å²) < 4.78 is 20.0. The zero-order valence-corrected chi connectivity index (χ0v) is 24.2. The normalized spacial score (nSPS) is 15.8. The van der Waals surface area contributed by atoms with E-state index in [-0.39, 0.29) is 28.9 Å². The Hall–Kier alpha value is -0.766. The zero-order chi connectivity index (χ0) is 24.6. The molecule has 0 saturated heterocycles. The van der Waals surface area contributed by atoms with Crippen LogP contribution in [0.5, 0.6) is 0 Å². The van der Waals surface area contributed by atoms with Crippen molar-refractivity contribution in [2.24, 2.45) is 0 Å². The maximum Gasteiger partial charge on any atom is 0.192 e. The number of aliphatic hydroxyl groups is 1. The lowest BCUT2D eigenvalue weighted by Crippen LogP contribution is -2.51. The molecule has 0 radical (unpaired) electrons. The van der Waals surface area contributed by atoms with Crippen molar-refractivity contribution < 1.29 is 18.7 Å². The van der Waals surface area contributed by atoms with Gasteiger partial charge >= 0.3 is 0 Å². The van der Waals surface area contributed by atoms with Crippen LogP contribution < -0.4 is 0 Å². The van der Waals surface area contributed by atoms with Crippen molar-refractivity contribution in [1.29, 1.82) is 0 Å². The molecule has 0 aliphatic rings. The zero-order valence-electron chi connectivity index (χ0n) is 22.2. The molecule has 0 unspecified atom stereocenters. The largest absolute Gasteiger partial charge is 0.414 e. The minimum atomic E-state index is -2.05. The fraction of sp³-hybridized carbons (Fsp3) is 0.692. The van der Waals surface area contributed by atoms with Crippen molar-refractivity contribution in [2.75, 3.05) is 13.2 Å². The molecule has 0 bridgehead atoms. The fourth-order valence-electron chi connectivity index (χ4n) is 2.69. The van der Waals surface area contributed by atoms with Crippen molar-refractivity contribution in [3.63, 3.8) is 0 Å². The molecule has 1 aromatic rings. The van der Waals surface area contributed by atoms with Crippen LogP contribution in [0.2, 0.25) is 36.3 Å². The summed E-state index contributed by atoms with van der Waals surface area (Å²) in [6.07, 6.45) is 4.11. The van der Waals surface area contributed by atoms with Gasteiger partial charge in [-0.05, 0) is 48.2 Å². The summed E-state index contributed by atoms with van der Waals surface area (Å²) in [4.78, 5) is 0.